The molecule has 5 heterocycles. The van der Waals surface area contributed by atoms with Crippen molar-refractivity contribution < 1.29 is 68.3 Å². The molecular formula is C56H60N10O15S2. The number of carboxylic acid groups (broad SMARTS) is 1. The number of hydrogen-bond acceptors (Lipinski definition) is 16. The molecule has 1 aromatic heterocycles. The van der Waals surface area contributed by atoms with Crippen molar-refractivity contribution in [2.24, 2.45) is 0 Å². The van der Waals surface area contributed by atoms with E-state index in [2.05, 4.69) is 47.5 Å². The molecule has 0 spiro atoms. The highest BCUT2D eigenvalue weighted by molar-refractivity contribution is 7.99. The number of aromatic hydroxyl groups is 1. The smallest absolute Gasteiger partial charge is 0.336 e. The van der Waals surface area contributed by atoms with E-state index in [-0.39, 0.29) is 69.6 Å². The summed E-state index contributed by atoms with van der Waals surface area (Å²) in [5.74, 6) is -7.97. The number of nitrogens with one attached hydrogen (secondary N) is 9. The Morgan fingerprint density at radius 1 is 0.819 bits per heavy atom. The first-order chi connectivity index (χ1) is 39.3. The predicted octanol–water partition coefficient (Wildman–Crippen LogP) is 0.531. The first-order valence-corrected chi connectivity index (χ1v) is 27.8. The number of phenols is 1. The lowest BCUT2D eigenvalue weighted by Gasteiger charge is -2.31. The number of aliphatic hydroxyl groups is 3. The molecule has 436 valence electrons. The largest absolute Gasteiger partial charge is 0.508 e. The van der Waals surface area contributed by atoms with Gasteiger partial charge in [-0.25, -0.2) is 4.79 Å². The summed E-state index contributed by atoms with van der Waals surface area (Å²) >= 11 is 6.64. The normalized spacial score (nSPS) is 24.2. The zero-order chi connectivity index (χ0) is 59.8. The fraction of sp³-hybridized carbons (Fsp3) is 0.357. The molecule has 1 saturated heterocycles. The van der Waals surface area contributed by atoms with E-state index in [9.17, 15) is 68.7 Å². The SMILES string of the molecule is CC1NC(=O)[C@H](C[C@@](C)(O)CNC(=S)Nc2ccc(-c3c4ccc(=O)cc-4oc4cc(O)ccc34)c(C(=O)O)c2)NC(=O)[C@@H]2Cc3c([nH]c4ccccc34)SC[C@@H](NC(=O)[C@@H]([C@H](C)O)NC1=O)C(=O)N1C[C@H](O)C[C@H]1C(=O)N[C@@H](C)C(=O)N2. The van der Waals surface area contributed by atoms with Crippen molar-refractivity contribution in [2.45, 2.75) is 112 Å². The second-order valence-corrected chi connectivity index (χ2v) is 22.6. The minimum absolute atomic E-state index is 0.123. The van der Waals surface area contributed by atoms with Crippen LogP contribution in [-0.4, -0.2) is 167 Å². The van der Waals surface area contributed by atoms with Crippen molar-refractivity contribution in [2.75, 3.05) is 24.2 Å². The molecule has 1 unspecified atom stereocenters. The van der Waals surface area contributed by atoms with Gasteiger partial charge in [0.2, 0.25) is 41.4 Å². The molecular weight excluding hydrogens is 1120 g/mol. The summed E-state index contributed by atoms with van der Waals surface area (Å²) < 4.78 is 5.93. The summed E-state index contributed by atoms with van der Waals surface area (Å²) in [5.41, 5.74) is -0.0239. The summed E-state index contributed by atoms with van der Waals surface area (Å²) in [5, 5.41) is 77.0. The van der Waals surface area contributed by atoms with Crippen LogP contribution < -0.4 is 48.0 Å². The molecule has 4 aromatic rings. The summed E-state index contributed by atoms with van der Waals surface area (Å²) in [4.78, 5) is 130. The Morgan fingerprint density at radius 2 is 1.52 bits per heavy atom. The maximum atomic E-state index is 14.9. The van der Waals surface area contributed by atoms with E-state index in [0.717, 1.165) is 16.7 Å². The van der Waals surface area contributed by atoms with Crippen LogP contribution in [0.1, 0.15) is 56.5 Å². The van der Waals surface area contributed by atoms with Crippen LogP contribution in [0.2, 0.25) is 0 Å². The Balaban J connectivity index is 1.02. The molecule has 14 N–H and O–H groups in total. The summed E-state index contributed by atoms with van der Waals surface area (Å²) in [6.45, 7) is 4.40. The van der Waals surface area contributed by atoms with Crippen LogP contribution in [0, 0.1) is 0 Å². The van der Waals surface area contributed by atoms with Crippen LogP contribution in [-0.2, 0) is 40.0 Å². The molecule has 5 aliphatic rings. The van der Waals surface area contributed by atoms with E-state index in [0.29, 0.717) is 38.0 Å². The molecule has 9 rings (SSSR count). The number of H-pyrrole nitrogens is 1. The zero-order valence-electron chi connectivity index (χ0n) is 45.0. The minimum Gasteiger partial charge on any atom is -0.508 e. The lowest BCUT2D eigenvalue weighted by atomic mass is 9.90. The van der Waals surface area contributed by atoms with Crippen LogP contribution in [0.25, 0.3) is 44.3 Å². The molecule has 25 nitrogen and oxygen atoms in total. The van der Waals surface area contributed by atoms with Gasteiger partial charge >= 0.3 is 5.97 Å². The second kappa shape index (κ2) is 24.1. The molecule has 1 aliphatic carbocycles. The number of aromatic nitrogens is 1. The molecule has 4 aliphatic heterocycles. The standard InChI is InChI=1S/C56H60N10O15S2/c1-24-46(71)61-38-19-35-31-7-5-6-8-37(31)64-52(35)83-22-40(53(77)66-21-30(70)16-41(66)50(75)59-24)63-51(76)45(26(3)67)65-47(72)25(2)58-49(74)39(62-48(38)73)20-56(4,80)23-57-55(82)60-27-9-12-32(36(15-27)54(78)79)44-33-13-10-28(68)17-42(33)81-43-18-29(69)11-14-34(43)44/h5-15,17-18,24-26,30,38-41,45,64,67-68,70,80H,16,19-23H2,1-4H3,(H,58,74)(H,59,75)(H,61,71)(H,62,73)(H,63,76)(H,65,72)(H,78,79)(H2,57,60,82)/t24-,25?,26-,30+,38-,39-,40+,41-,45+,56+/m0/s1. The van der Waals surface area contributed by atoms with Crippen molar-refractivity contribution in [1.29, 1.82) is 0 Å². The average Bonchev–Trinajstić information content (AvgIpc) is 2.91. The lowest BCUT2D eigenvalue weighted by Crippen LogP contribution is -2.62. The third-order valence-corrected chi connectivity index (χ3v) is 16.0. The van der Waals surface area contributed by atoms with Crippen LogP contribution in [0.4, 0.5) is 5.69 Å². The van der Waals surface area contributed by atoms with E-state index in [1.165, 1.54) is 76.2 Å². The van der Waals surface area contributed by atoms with Gasteiger partial charge in [-0.15, -0.1) is 11.8 Å². The molecule has 1 fully saturated rings. The van der Waals surface area contributed by atoms with Gasteiger partial charge in [0.15, 0.2) is 10.5 Å². The number of hydrogen-bond donors (Lipinski definition) is 14. The highest BCUT2D eigenvalue weighted by atomic mass is 32.2. The number of fused-ring (bicyclic) bond motifs is 7. The van der Waals surface area contributed by atoms with E-state index in [1.54, 1.807) is 30.3 Å². The van der Waals surface area contributed by atoms with Gasteiger partial charge in [-0.1, -0.05) is 24.3 Å². The molecule has 2 bridgehead atoms. The fourth-order valence-electron chi connectivity index (χ4n) is 10.4. The van der Waals surface area contributed by atoms with Gasteiger partial charge in [-0.2, -0.15) is 0 Å². The van der Waals surface area contributed by atoms with Gasteiger partial charge in [-0.3, -0.25) is 38.4 Å². The van der Waals surface area contributed by atoms with Gasteiger partial charge in [0, 0.05) is 83.3 Å². The van der Waals surface area contributed by atoms with E-state index in [1.807, 2.05) is 0 Å². The highest BCUT2D eigenvalue weighted by Gasteiger charge is 2.44. The first-order valence-electron chi connectivity index (χ1n) is 26.4. The van der Waals surface area contributed by atoms with Crippen LogP contribution in [0.15, 0.2) is 93.1 Å². The molecule has 0 radical (unpaired) electrons. The number of amides is 7. The van der Waals surface area contributed by atoms with Crippen LogP contribution in [0.5, 0.6) is 5.75 Å². The monoisotopic (exact) mass is 1180 g/mol. The number of carbonyl (C=O) groups excluding carboxylic acids is 7. The molecule has 0 saturated carbocycles. The molecule has 3 aromatic carbocycles. The summed E-state index contributed by atoms with van der Waals surface area (Å²) in [6, 6.07) is 9.21. The number of aromatic amines is 1. The molecule has 7 amide bonds. The number of benzene rings is 4. The van der Waals surface area contributed by atoms with Crippen molar-refractivity contribution in [3.05, 3.63) is 100 Å². The van der Waals surface area contributed by atoms with Gasteiger partial charge in [-0.05, 0) is 93.5 Å². The third kappa shape index (κ3) is 13.0. The lowest BCUT2D eigenvalue weighted by molar-refractivity contribution is -0.142. The number of thiocarbonyl (C=S) groups is 1. The first kappa shape index (κ1) is 59.0. The predicted molar refractivity (Wildman–Crippen MR) is 306 cm³/mol. The Kier molecular flexibility index (Phi) is 17.1. The van der Waals surface area contributed by atoms with Crippen molar-refractivity contribution in [3.63, 3.8) is 0 Å². The van der Waals surface area contributed by atoms with Gasteiger partial charge < -0.3 is 82.4 Å². The van der Waals surface area contributed by atoms with Crippen molar-refractivity contribution in [3.8, 4) is 28.2 Å². The second-order valence-electron chi connectivity index (χ2n) is 21.1. The van der Waals surface area contributed by atoms with E-state index in [4.69, 9.17) is 16.6 Å². The van der Waals surface area contributed by atoms with Gasteiger partial charge in [0.05, 0.1) is 28.4 Å². The summed E-state index contributed by atoms with van der Waals surface area (Å²) in [6.07, 6.45) is -3.84. The number of aromatic carboxylic acids is 1. The average molecular weight is 1180 g/mol. The maximum absolute atomic E-state index is 14.9. The fourth-order valence-corrected chi connectivity index (χ4v) is 11.7. The van der Waals surface area contributed by atoms with E-state index < -0.39 is 120 Å². The van der Waals surface area contributed by atoms with Crippen molar-refractivity contribution >= 4 is 104 Å². The Hall–Kier alpha value is -8.63. The number of carboxylic acids is 1. The third-order valence-electron chi connectivity index (χ3n) is 14.6. The Bertz CT molecular complexity index is 3640. The number of rotatable bonds is 8. The minimum atomic E-state index is -1.96. The molecule has 10 atom stereocenters. The van der Waals surface area contributed by atoms with Crippen LogP contribution in [0.3, 0.4) is 0 Å². The number of para-hydroxylation sites is 1. The van der Waals surface area contributed by atoms with Crippen molar-refractivity contribution in [1.82, 2.24) is 47.1 Å². The maximum Gasteiger partial charge on any atom is 0.336 e. The number of thioether (sulfide) groups is 1. The quantitative estimate of drug-likeness (QED) is 0.0730. The number of aliphatic hydroxyl groups excluding tert-OH is 2. The number of anilines is 1. The zero-order valence-corrected chi connectivity index (χ0v) is 46.7. The van der Waals surface area contributed by atoms with Gasteiger partial charge in [0.1, 0.15) is 59.4 Å². The number of phenolic OH excluding ortho intramolecular Hbond substituents is 1. The summed E-state index contributed by atoms with van der Waals surface area (Å²) in [7, 11) is 0. The Morgan fingerprint density at radius 3 is 2.25 bits per heavy atom. The molecule has 27 heteroatoms. The highest BCUT2D eigenvalue weighted by Crippen LogP contribution is 2.42. The Labute approximate surface area is 482 Å². The van der Waals surface area contributed by atoms with Gasteiger partial charge in [0.25, 0.3) is 0 Å². The number of carbonyl (C=O) groups is 8. The molecule has 83 heavy (non-hydrogen) atoms. The number of nitrogens with zero attached hydrogens (tertiary/aromatic N) is 1. The van der Waals surface area contributed by atoms with Crippen LogP contribution >= 0.6 is 24.0 Å². The van der Waals surface area contributed by atoms with E-state index >= 15 is 0 Å². The topological polar surface area (TPSA) is 383 Å².